The standard InChI is InChI=1S/C11H24IN/c1-4-6-9(3)10(8-13)7-11(12)5-2/h9-11H,4-8,13H2,1-3H3. The molecule has 3 unspecified atom stereocenters. The van der Waals surface area contributed by atoms with Crippen molar-refractivity contribution in [1.29, 1.82) is 0 Å². The summed E-state index contributed by atoms with van der Waals surface area (Å²) in [5.74, 6) is 1.54. The van der Waals surface area contributed by atoms with Crippen LogP contribution in [0.4, 0.5) is 0 Å². The fourth-order valence-electron chi connectivity index (χ4n) is 1.75. The fourth-order valence-corrected chi connectivity index (χ4v) is 2.40. The van der Waals surface area contributed by atoms with Crippen LogP contribution in [0.3, 0.4) is 0 Å². The molecule has 0 amide bonds. The van der Waals surface area contributed by atoms with Gasteiger partial charge in [-0.3, -0.25) is 0 Å². The lowest BCUT2D eigenvalue weighted by molar-refractivity contribution is 0.322. The van der Waals surface area contributed by atoms with Crippen molar-refractivity contribution in [1.82, 2.24) is 0 Å². The van der Waals surface area contributed by atoms with Gasteiger partial charge in [0.2, 0.25) is 0 Å². The van der Waals surface area contributed by atoms with Crippen LogP contribution in [-0.4, -0.2) is 10.5 Å². The molecule has 0 saturated heterocycles. The number of nitrogens with two attached hydrogens (primary N) is 1. The molecule has 0 rings (SSSR count). The van der Waals surface area contributed by atoms with Crippen LogP contribution in [0, 0.1) is 11.8 Å². The van der Waals surface area contributed by atoms with Crippen LogP contribution in [0.5, 0.6) is 0 Å². The first-order chi connectivity index (χ1) is 6.15. The Morgan fingerprint density at radius 2 is 1.92 bits per heavy atom. The van der Waals surface area contributed by atoms with Gasteiger partial charge in [0.1, 0.15) is 0 Å². The van der Waals surface area contributed by atoms with Crippen LogP contribution in [0.2, 0.25) is 0 Å². The van der Waals surface area contributed by atoms with Crippen molar-refractivity contribution in [3.63, 3.8) is 0 Å². The summed E-state index contributed by atoms with van der Waals surface area (Å²) in [7, 11) is 0. The topological polar surface area (TPSA) is 26.0 Å². The van der Waals surface area contributed by atoms with Crippen molar-refractivity contribution in [2.45, 2.75) is 50.4 Å². The maximum atomic E-state index is 5.80. The minimum Gasteiger partial charge on any atom is -0.330 e. The first kappa shape index (κ1) is 13.7. The van der Waals surface area contributed by atoms with E-state index in [0.29, 0.717) is 0 Å². The summed E-state index contributed by atoms with van der Waals surface area (Å²) in [6.45, 7) is 7.72. The second-order valence-electron chi connectivity index (χ2n) is 4.00. The zero-order valence-corrected chi connectivity index (χ0v) is 11.4. The van der Waals surface area contributed by atoms with Gasteiger partial charge >= 0.3 is 0 Å². The summed E-state index contributed by atoms with van der Waals surface area (Å²) in [5, 5.41) is 0. The van der Waals surface area contributed by atoms with Crippen molar-refractivity contribution in [2.24, 2.45) is 17.6 Å². The predicted octanol–water partition coefficient (Wildman–Crippen LogP) is 3.60. The minimum atomic E-state index is 0.738. The molecular weight excluding hydrogens is 273 g/mol. The molecule has 3 atom stereocenters. The summed E-state index contributed by atoms with van der Waals surface area (Å²) >= 11 is 2.55. The highest BCUT2D eigenvalue weighted by molar-refractivity contribution is 14.1. The molecule has 0 aromatic rings. The molecule has 0 aliphatic carbocycles. The number of halogens is 1. The van der Waals surface area contributed by atoms with Crippen LogP contribution in [0.1, 0.15) is 46.5 Å². The second kappa shape index (κ2) is 8.04. The fraction of sp³-hybridized carbons (Fsp3) is 1.00. The lowest BCUT2D eigenvalue weighted by Gasteiger charge is -2.24. The summed E-state index contributed by atoms with van der Waals surface area (Å²) in [6.07, 6.45) is 5.19. The third-order valence-electron chi connectivity index (χ3n) is 2.85. The van der Waals surface area contributed by atoms with Crippen LogP contribution in [-0.2, 0) is 0 Å². The van der Waals surface area contributed by atoms with Crippen LogP contribution < -0.4 is 5.73 Å². The molecule has 0 aliphatic heterocycles. The van der Waals surface area contributed by atoms with E-state index in [9.17, 15) is 0 Å². The van der Waals surface area contributed by atoms with Crippen LogP contribution >= 0.6 is 22.6 Å². The van der Waals surface area contributed by atoms with Crippen molar-refractivity contribution >= 4 is 22.6 Å². The Balaban J connectivity index is 3.86. The first-order valence-corrected chi connectivity index (χ1v) is 6.74. The summed E-state index contributed by atoms with van der Waals surface area (Å²) < 4.78 is 0.811. The SMILES string of the molecule is CCCC(C)C(CN)CC(I)CC. The molecule has 0 saturated carbocycles. The van der Waals surface area contributed by atoms with E-state index in [0.717, 1.165) is 22.3 Å². The zero-order valence-electron chi connectivity index (χ0n) is 9.22. The Morgan fingerprint density at radius 3 is 2.31 bits per heavy atom. The minimum absolute atomic E-state index is 0.738. The van der Waals surface area contributed by atoms with E-state index in [4.69, 9.17) is 5.73 Å². The molecule has 80 valence electrons. The van der Waals surface area contributed by atoms with Gasteiger partial charge in [-0.25, -0.2) is 0 Å². The van der Waals surface area contributed by atoms with Crippen molar-refractivity contribution in [2.75, 3.05) is 6.54 Å². The summed E-state index contributed by atoms with van der Waals surface area (Å²) in [6, 6.07) is 0. The quantitative estimate of drug-likeness (QED) is 0.564. The highest BCUT2D eigenvalue weighted by Gasteiger charge is 2.17. The third-order valence-corrected chi connectivity index (χ3v) is 4.24. The molecule has 0 radical (unpaired) electrons. The third kappa shape index (κ3) is 5.89. The molecule has 0 spiro atoms. The number of hydrogen-bond donors (Lipinski definition) is 1. The number of hydrogen-bond acceptors (Lipinski definition) is 1. The highest BCUT2D eigenvalue weighted by atomic mass is 127. The molecular formula is C11H24IN. The molecule has 13 heavy (non-hydrogen) atoms. The Labute approximate surface area is 97.0 Å². The smallest absolute Gasteiger partial charge is 0.0110 e. The average molecular weight is 297 g/mol. The maximum Gasteiger partial charge on any atom is 0.0110 e. The average Bonchev–Trinajstić information content (AvgIpc) is 2.14. The summed E-state index contributed by atoms with van der Waals surface area (Å²) in [5.41, 5.74) is 5.80. The first-order valence-electron chi connectivity index (χ1n) is 5.49. The lowest BCUT2D eigenvalue weighted by Crippen LogP contribution is -2.24. The van der Waals surface area contributed by atoms with Gasteiger partial charge in [-0.1, -0.05) is 56.2 Å². The van der Waals surface area contributed by atoms with Crippen molar-refractivity contribution in [3.05, 3.63) is 0 Å². The number of rotatable bonds is 7. The Bertz CT molecular complexity index is 117. The molecule has 0 aromatic carbocycles. The molecule has 2 N–H and O–H groups in total. The van der Waals surface area contributed by atoms with E-state index in [2.05, 4.69) is 43.4 Å². The van der Waals surface area contributed by atoms with Crippen LogP contribution in [0.15, 0.2) is 0 Å². The van der Waals surface area contributed by atoms with E-state index in [1.54, 1.807) is 0 Å². The van der Waals surface area contributed by atoms with E-state index in [1.807, 2.05) is 0 Å². The van der Waals surface area contributed by atoms with Gasteiger partial charge in [0.05, 0.1) is 0 Å². The van der Waals surface area contributed by atoms with Gasteiger partial charge in [-0.2, -0.15) is 0 Å². The lowest BCUT2D eigenvalue weighted by atomic mass is 9.86. The molecule has 0 heterocycles. The Morgan fingerprint density at radius 1 is 1.31 bits per heavy atom. The molecule has 0 bridgehead atoms. The summed E-state index contributed by atoms with van der Waals surface area (Å²) in [4.78, 5) is 0. The highest BCUT2D eigenvalue weighted by Crippen LogP contribution is 2.25. The van der Waals surface area contributed by atoms with Gasteiger partial charge in [0, 0.05) is 3.92 Å². The van der Waals surface area contributed by atoms with E-state index in [1.165, 1.54) is 25.7 Å². The predicted molar refractivity (Wildman–Crippen MR) is 69.3 cm³/mol. The van der Waals surface area contributed by atoms with Gasteiger partial charge in [0.15, 0.2) is 0 Å². The van der Waals surface area contributed by atoms with Gasteiger partial charge in [-0.05, 0) is 31.2 Å². The van der Waals surface area contributed by atoms with E-state index in [-0.39, 0.29) is 0 Å². The van der Waals surface area contributed by atoms with Crippen molar-refractivity contribution in [3.8, 4) is 0 Å². The van der Waals surface area contributed by atoms with E-state index >= 15 is 0 Å². The largest absolute Gasteiger partial charge is 0.330 e. The normalized spacial score (nSPS) is 18.2. The monoisotopic (exact) mass is 297 g/mol. The Kier molecular flexibility index (Phi) is 8.46. The second-order valence-corrected chi connectivity index (χ2v) is 5.76. The molecule has 2 heteroatoms. The van der Waals surface area contributed by atoms with Gasteiger partial charge < -0.3 is 5.73 Å². The Hall–Kier alpha value is 0.690. The zero-order chi connectivity index (χ0) is 10.3. The molecule has 1 nitrogen and oxygen atoms in total. The maximum absolute atomic E-state index is 5.80. The van der Waals surface area contributed by atoms with Gasteiger partial charge in [-0.15, -0.1) is 0 Å². The molecule has 0 fully saturated rings. The molecule has 0 aliphatic rings. The van der Waals surface area contributed by atoms with E-state index < -0.39 is 0 Å². The molecule has 0 aromatic heterocycles. The van der Waals surface area contributed by atoms with Gasteiger partial charge in [0.25, 0.3) is 0 Å². The van der Waals surface area contributed by atoms with Crippen LogP contribution in [0.25, 0.3) is 0 Å². The van der Waals surface area contributed by atoms with Crippen molar-refractivity contribution < 1.29 is 0 Å². The number of alkyl halides is 1.